The van der Waals surface area contributed by atoms with E-state index in [1.54, 1.807) is 4.68 Å². The van der Waals surface area contributed by atoms with Crippen molar-refractivity contribution in [2.75, 3.05) is 7.11 Å². The molecule has 5 heteroatoms. The van der Waals surface area contributed by atoms with Crippen LogP contribution >= 0.6 is 11.6 Å². The first-order valence-electron chi connectivity index (χ1n) is 6.81. The van der Waals surface area contributed by atoms with Crippen LogP contribution < -0.4 is 0 Å². The van der Waals surface area contributed by atoms with Crippen LogP contribution in [0.5, 0.6) is 0 Å². The van der Waals surface area contributed by atoms with Crippen LogP contribution in [-0.4, -0.2) is 22.9 Å². The van der Waals surface area contributed by atoms with Gasteiger partial charge in [-0.05, 0) is 37.0 Å². The van der Waals surface area contributed by atoms with Crippen LogP contribution in [0.1, 0.15) is 47.1 Å². The van der Waals surface area contributed by atoms with Crippen LogP contribution in [0, 0.1) is 13.8 Å². The van der Waals surface area contributed by atoms with Crippen LogP contribution in [0.15, 0.2) is 18.2 Å². The van der Waals surface area contributed by atoms with E-state index >= 15 is 0 Å². The molecule has 1 heterocycles. The fourth-order valence-electron chi connectivity index (χ4n) is 2.27. The zero-order valence-electron chi connectivity index (χ0n) is 12.9. The number of aromatic nitrogens is 2. The lowest BCUT2D eigenvalue weighted by Crippen LogP contribution is -2.07. The van der Waals surface area contributed by atoms with E-state index in [1.165, 1.54) is 7.11 Å². The molecule has 4 nitrogen and oxygen atoms in total. The number of nitrogens with zero attached hydrogens (tertiary/aromatic N) is 2. The van der Waals surface area contributed by atoms with Crippen LogP contribution in [0.3, 0.4) is 0 Å². The van der Waals surface area contributed by atoms with Gasteiger partial charge in [0.25, 0.3) is 0 Å². The smallest absolute Gasteiger partial charge is 0.360 e. The minimum atomic E-state index is -0.522. The molecule has 2 aromatic rings. The number of halogens is 1. The molecule has 1 aromatic heterocycles. The Kier molecular flexibility index (Phi) is 4.37. The van der Waals surface area contributed by atoms with E-state index < -0.39 is 5.97 Å². The molecule has 0 saturated heterocycles. The normalized spacial score (nSPS) is 11.0. The number of ether oxygens (including phenoxy) is 1. The highest BCUT2D eigenvalue weighted by Gasteiger charge is 2.25. The Labute approximate surface area is 129 Å². The topological polar surface area (TPSA) is 44.1 Å². The fraction of sp³-hybridized carbons (Fsp3) is 0.375. The third-order valence-corrected chi connectivity index (χ3v) is 3.75. The Bertz CT molecular complexity index is 690. The maximum atomic E-state index is 11.8. The Morgan fingerprint density at radius 1 is 1.33 bits per heavy atom. The van der Waals surface area contributed by atoms with E-state index in [4.69, 9.17) is 16.3 Å². The first-order chi connectivity index (χ1) is 9.86. The number of carbonyl (C=O) groups is 1. The van der Waals surface area contributed by atoms with E-state index in [0.717, 1.165) is 22.5 Å². The van der Waals surface area contributed by atoms with Gasteiger partial charge in [0.1, 0.15) is 0 Å². The monoisotopic (exact) mass is 306 g/mol. The highest BCUT2D eigenvalue weighted by molar-refractivity contribution is 6.34. The van der Waals surface area contributed by atoms with Gasteiger partial charge in [0.2, 0.25) is 0 Å². The molecule has 0 atom stereocenters. The quantitative estimate of drug-likeness (QED) is 0.803. The first kappa shape index (κ1) is 15.6. The van der Waals surface area contributed by atoms with Crippen molar-refractivity contribution in [2.24, 2.45) is 0 Å². The van der Waals surface area contributed by atoms with Gasteiger partial charge in [-0.25, -0.2) is 9.48 Å². The van der Waals surface area contributed by atoms with E-state index in [1.807, 2.05) is 45.9 Å². The molecule has 2 rings (SSSR count). The average molecular weight is 307 g/mol. The maximum absolute atomic E-state index is 11.8. The summed E-state index contributed by atoms with van der Waals surface area (Å²) >= 11 is 6.36. The van der Waals surface area contributed by atoms with Gasteiger partial charge in [-0.2, -0.15) is 5.10 Å². The molecular weight excluding hydrogens is 288 g/mol. The Morgan fingerprint density at radius 2 is 2.00 bits per heavy atom. The zero-order chi connectivity index (χ0) is 15.7. The molecule has 112 valence electrons. The average Bonchev–Trinajstić information content (AvgIpc) is 2.78. The molecule has 0 spiro atoms. The van der Waals surface area contributed by atoms with Crippen molar-refractivity contribution in [3.8, 4) is 5.69 Å². The minimum absolute atomic E-state index is 0.128. The van der Waals surface area contributed by atoms with E-state index in [0.29, 0.717) is 5.02 Å². The third-order valence-electron chi connectivity index (χ3n) is 3.38. The van der Waals surface area contributed by atoms with Crippen molar-refractivity contribution in [3.63, 3.8) is 0 Å². The predicted molar refractivity (Wildman–Crippen MR) is 83.5 cm³/mol. The van der Waals surface area contributed by atoms with Gasteiger partial charge in [-0.1, -0.05) is 37.6 Å². The summed E-state index contributed by atoms with van der Waals surface area (Å²) in [5.74, 6) is -0.394. The molecule has 0 unspecified atom stereocenters. The van der Waals surface area contributed by atoms with Crippen molar-refractivity contribution < 1.29 is 9.53 Å². The Hall–Kier alpha value is -1.81. The minimum Gasteiger partial charge on any atom is -0.464 e. The van der Waals surface area contributed by atoms with Crippen LogP contribution in [0.2, 0.25) is 5.02 Å². The summed E-state index contributed by atoms with van der Waals surface area (Å²) < 4.78 is 6.51. The first-order valence-corrected chi connectivity index (χ1v) is 7.19. The molecule has 0 aliphatic rings. The van der Waals surface area contributed by atoms with Crippen LogP contribution in [0.25, 0.3) is 5.69 Å². The second-order valence-electron chi connectivity index (χ2n) is 5.40. The fourth-order valence-corrected chi connectivity index (χ4v) is 2.68. The maximum Gasteiger partial charge on any atom is 0.360 e. The van der Waals surface area contributed by atoms with Gasteiger partial charge in [0.15, 0.2) is 5.69 Å². The highest BCUT2D eigenvalue weighted by Crippen LogP contribution is 2.31. The van der Waals surface area contributed by atoms with Crippen molar-refractivity contribution in [1.82, 2.24) is 9.78 Å². The molecule has 0 aliphatic carbocycles. The van der Waals surface area contributed by atoms with E-state index in [2.05, 4.69) is 5.10 Å². The number of benzene rings is 1. The second kappa shape index (κ2) is 5.90. The molecule has 21 heavy (non-hydrogen) atoms. The molecule has 0 saturated carbocycles. The van der Waals surface area contributed by atoms with Gasteiger partial charge in [-0.3, -0.25) is 0 Å². The molecule has 0 radical (unpaired) electrons. The van der Waals surface area contributed by atoms with Gasteiger partial charge >= 0.3 is 5.97 Å². The lowest BCUT2D eigenvalue weighted by atomic mass is 10.1. The lowest BCUT2D eigenvalue weighted by Gasteiger charge is -2.13. The number of methoxy groups -OCH3 is 1. The second-order valence-corrected chi connectivity index (χ2v) is 5.77. The summed E-state index contributed by atoms with van der Waals surface area (Å²) in [5, 5.41) is 4.74. The SMILES string of the molecule is COC(=O)c1nn(-c2cc(C)ccc2C)c(C(C)C)c1Cl. The number of aryl methyl sites for hydroxylation is 2. The molecule has 0 aliphatic heterocycles. The van der Waals surface area contributed by atoms with Crippen molar-refractivity contribution in [2.45, 2.75) is 33.6 Å². The summed E-state index contributed by atoms with van der Waals surface area (Å²) in [6.07, 6.45) is 0. The molecule has 1 aromatic carbocycles. The third kappa shape index (κ3) is 2.81. The Balaban J connectivity index is 2.73. The standard InChI is InChI=1S/C16H19ClN2O2/c1-9(2)15-13(17)14(16(20)21-5)18-19(15)12-8-10(3)6-7-11(12)4/h6-9H,1-5H3. The molecule has 0 amide bonds. The molecule has 0 bridgehead atoms. The van der Waals surface area contributed by atoms with Crippen LogP contribution in [-0.2, 0) is 4.74 Å². The number of esters is 1. The highest BCUT2D eigenvalue weighted by atomic mass is 35.5. The summed E-state index contributed by atoms with van der Waals surface area (Å²) in [5.41, 5.74) is 4.08. The van der Waals surface area contributed by atoms with Crippen molar-refractivity contribution in [3.05, 3.63) is 45.7 Å². The van der Waals surface area contributed by atoms with Gasteiger partial charge in [0, 0.05) is 0 Å². The largest absolute Gasteiger partial charge is 0.464 e. The van der Waals surface area contributed by atoms with E-state index in [9.17, 15) is 4.79 Å². The van der Waals surface area contributed by atoms with Crippen molar-refractivity contribution in [1.29, 1.82) is 0 Å². The van der Waals surface area contributed by atoms with Crippen molar-refractivity contribution >= 4 is 17.6 Å². The predicted octanol–water partition coefficient (Wildman–Crippen LogP) is 4.05. The zero-order valence-corrected chi connectivity index (χ0v) is 13.7. The summed E-state index contributed by atoms with van der Waals surface area (Å²) in [6.45, 7) is 8.06. The summed E-state index contributed by atoms with van der Waals surface area (Å²) in [7, 11) is 1.32. The molecular formula is C16H19ClN2O2. The molecule has 0 fully saturated rings. The number of hydrogen-bond acceptors (Lipinski definition) is 3. The lowest BCUT2D eigenvalue weighted by molar-refractivity contribution is 0.0593. The van der Waals surface area contributed by atoms with Gasteiger partial charge < -0.3 is 4.74 Å². The Morgan fingerprint density at radius 3 is 2.57 bits per heavy atom. The van der Waals surface area contributed by atoms with Gasteiger partial charge in [-0.15, -0.1) is 0 Å². The summed E-state index contributed by atoms with van der Waals surface area (Å²) in [6, 6.07) is 6.11. The number of rotatable bonds is 3. The number of carbonyl (C=O) groups excluding carboxylic acids is 1. The molecule has 0 N–H and O–H groups in total. The number of hydrogen-bond donors (Lipinski definition) is 0. The van der Waals surface area contributed by atoms with Gasteiger partial charge in [0.05, 0.1) is 23.5 Å². The summed E-state index contributed by atoms with van der Waals surface area (Å²) in [4.78, 5) is 11.8. The van der Waals surface area contributed by atoms with E-state index in [-0.39, 0.29) is 11.6 Å². The van der Waals surface area contributed by atoms with Crippen LogP contribution in [0.4, 0.5) is 0 Å².